The van der Waals surface area contributed by atoms with Gasteiger partial charge in [-0.25, -0.2) is 8.42 Å². The minimum absolute atomic E-state index is 0.226. The first kappa shape index (κ1) is 19.1. The van der Waals surface area contributed by atoms with Crippen molar-refractivity contribution in [2.75, 3.05) is 26.3 Å². The van der Waals surface area contributed by atoms with E-state index in [1.54, 1.807) is 37.3 Å². The molecule has 0 saturated carbocycles. The van der Waals surface area contributed by atoms with Gasteiger partial charge in [0.15, 0.2) is 0 Å². The highest BCUT2D eigenvalue weighted by Crippen LogP contribution is 2.31. The zero-order valence-electron chi connectivity index (χ0n) is 15.1. The number of rotatable bonds is 4. The van der Waals surface area contributed by atoms with E-state index in [-0.39, 0.29) is 16.7 Å². The predicted octanol–water partition coefficient (Wildman–Crippen LogP) is 3.39. The van der Waals surface area contributed by atoms with E-state index in [4.69, 9.17) is 20.8 Å². The summed E-state index contributed by atoms with van der Waals surface area (Å²) in [6.07, 6.45) is 0. The Hall–Kier alpha value is -2.26. The maximum atomic E-state index is 13.0. The third-order valence-electron chi connectivity index (χ3n) is 4.55. The van der Waals surface area contributed by atoms with E-state index in [9.17, 15) is 8.42 Å². The highest BCUT2D eigenvalue weighted by molar-refractivity contribution is 7.89. The van der Waals surface area contributed by atoms with Gasteiger partial charge in [0.05, 0.1) is 28.7 Å². The molecule has 1 aliphatic rings. The van der Waals surface area contributed by atoms with Gasteiger partial charge in [0.2, 0.25) is 21.8 Å². The lowest BCUT2D eigenvalue weighted by molar-refractivity contribution is 0.0730. The lowest BCUT2D eigenvalue weighted by Gasteiger charge is -2.26. The molecule has 28 heavy (non-hydrogen) atoms. The van der Waals surface area contributed by atoms with Crippen LogP contribution in [0.3, 0.4) is 0 Å². The topological polar surface area (TPSA) is 85.5 Å². The Balaban J connectivity index is 1.71. The van der Waals surface area contributed by atoms with Gasteiger partial charge in [-0.3, -0.25) is 0 Å². The molecule has 0 spiro atoms. The molecule has 1 aromatic heterocycles. The third kappa shape index (κ3) is 3.56. The van der Waals surface area contributed by atoms with Crippen LogP contribution in [0.4, 0.5) is 0 Å². The first-order valence-electron chi connectivity index (χ1n) is 8.74. The maximum Gasteiger partial charge on any atom is 0.249 e. The van der Waals surface area contributed by atoms with Crippen LogP contribution in [0.5, 0.6) is 0 Å². The molecular weight excluding hydrogens is 402 g/mol. The summed E-state index contributed by atoms with van der Waals surface area (Å²) in [5.41, 5.74) is 1.81. The summed E-state index contributed by atoms with van der Waals surface area (Å²) in [6.45, 7) is 3.22. The zero-order chi connectivity index (χ0) is 19.7. The van der Waals surface area contributed by atoms with Gasteiger partial charge in [-0.1, -0.05) is 29.8 Å². The monoisotopic (exact) mass is 419 g/mol. The molecule has 0 amide bonds. The molecule has 146 valence electrons. The molecule has 0 radical (unpaired) electrons. The highest BCUT2D eigenvalue weighted by atomic mass is 35.5. The summed E-state index contributed by atoms with van der Waals surface area (Å²) in [4.78, 5) is 0.226. The second-order valence-electron chi connectivity index (χ2n) is 6.39. The molecule has 1 aliphatic heterocycles. The number of sulfonamides is 1. The van der Waals surface area contributed by atoms with Crippen LogP contribution < -0.4 is 0 Å². The van der Waals surface area contributed by atoms with Crippen LogP contribution in [-0.2, 0) is 14.8 Å². The van der Waals surface area contributed by atoms with E-state index in [1.807, 2.05) is 12.1 Å². The van der Waals surface area contributed by atoms with Crippen LogP contribution in [0.25, 0.3) is 22.9 Å². The normalized spacial score (nSPS) is 15.6. The van der Waals surface area contributed by atoms with Crippen LogP contribution in [0.2, 0.25) is 5.02 Å². The van der Waals surface area contributed by atoms with E-state index in [1.165, 1.54) is 4.31 Å². The molecule has 2 aromatic carbocycles. The number of benzene rings is 2. The lowest BCUT2D eigenvalue weighted by Crippen LogP contribution is -2.40. The zero-order valence-corrected chi connectivity index (χ0v) is 16.7. The molecule has 0 unspecified atom stereocenters. The van der Waals surface area contributed by atoms with Gasteiger partial charge in [0, 0.05) is 18.7 Å². The molecule has 4 rings (SSSR count). The number of aryl methyl sites for hydroxylation is 1. The van der Waals surface area contributed by atoms with Gasteiger partial charge in [-0.05, 0) is 36.8 Å². The second kappa shape index (κ2) is 7.63. The first-order valence-corrected chi connectivity index (χ1v) is 10.6. The van der Waals surface area contributed by atoms with Crippen molar-refractivity contribution in [1.29, 1.82) is 0 Å². The third-order valence-corrected chi connectivity index (χ3v) is 6.92. The number of morpholine rings is 1. The molecule has 1 saturated heterocycles. The standard InChI is InChI=1S/C19H18ClN3O4S/c1-13-6-7-14(12-17(13)28(24,25)23-8-10-26-11-9-23)18-21-22-19(27-18)15-4-2-3-5-16(15)20/h2-7,12H,8-11H2,1H3. The maximum absolute atomic E-state index is 13.0. The molecule has 2 heterocycles. The number of halogens is 1. The fourth-order valence-electron chi connectivity index (χ4n) is 3.02. The molecule has 9 heteroatoms. The van der Waals surface area contributed by atoms with Crippen molar-refractivity contribution in [2.24, 2.45) is 0 Å². The molecule has 0 aliphatic carbocycles. The summed E-state index contributed by atoms with van der Waals surface area (Å²) in [5.74, 6) is 0.507. The van der Waals surface area contributed by atoms with Crippen molar-refractivity contribution >= 4 is 21.6 Å². The van der Waals surface area contributed by atoms with Crippen LogP contribution in [0.1, 0.15) is 5.56 Å². The quantitative estimate of drug-likeness (QED) is 0.644. The molecule has 0 atom stereocenters. The molecule has 1 fully saturated rings. The number of nitrogens with zero attached hydrogens (tertiary/aromatic N) is 3. The molecule has 3 aromatic rings. The number of ether oxygens (including phenoxy) is 1. The fraction of sp³-hybridized carbons (Fsp3) is 0.263. The van der Waals surface area contributed by atoms with E-state index >= 15 is 0 Å². The van der Waals surface area contributed by atoms with Gasteiger partial charge in [0.1, 0.15) is 0 Å². The Kier molecular flexibility index (Phi) is 5.20. The van der Waals surface area contributed by atoms with Crippen molar-refractivity contribution in [2.45, 2.75) is 11.8 Å². The van der Waals surface area contributed by atoms with Crippen molar-refractivity contribution in [3.05, 3.63) is 53.1 Å². The van der Waals surface area contributed by atoms with Crippen LogP contribution >= 0.6 is 11.6 Å². The molecule has 0 N–H and O–H groups in total. The molecule has 0 bridgehead atoms. The van der Waals surface area contributed by atoms with Gasteiger partial charge in [0.25, 0.3) is 0 Å². The Bertz CT molecular complexity index is 1110. The fourth-order valence-corrected chi connectivity index (χ4v) is 4.90. The molecular formula is C19H18ClN3O4S. The largest absolute Gasteiger partial charge is 0.416 e. The summed E-state index contributed by atoms with van der Waals surface area (Å²) in [5, 5.41) is 8.61. The van der Waals surface area contributed by atoms with Crippen molar-refractivity contribution < 1.29 is 17.6 Å². The SMILES string of the molecule is Cc1ccc(-c2nnc(-c3ccccc3Cl)o2)cc1S(=O)(=O)N1CCOCC1. The van der Waals surface area contributed by atoms with Gasteiger partial charge < -0.3 is 9.15 Å². The van der Waals surface area contributed by atoms with E-state index in [0.717, 1.165) is 0 Å². The lowest BCUT2D eigenvalue weighted by atomic mass is 10.1. The van der Waals surface area contributed by atoms with Crippen LogP contribution in [0, 0.1) is 6.92 Å². The Morgan fingerprint density at radius 1 is 1.04 bits per heavy atom. The van der Waals surface area contributed by atoms with Crippen LogP contribution in [-0.4, -0.2) is 49.2 Å². The summed E-state index contributed by atoms with van der Waals surface area (Å²) >= 11 is 6.18. The highest BCUT2D eigenvalue weighted by Gasteiger charge is 2.28. The second-order valence-corrected chi connectivity index (χ2v) is 8.70. The summed E-state index contributed by atoms with van der Waals surface area (Å²) in [6, 6.07) is 12.2. The average Bonchev–Trinajstić information content (AvgIpc) is 3.19. The number of aromatic nitrogens is 2. The average molecular weight is 420 g/mol. The summed E-state index contributed by atoms with van der Waals surface area (Å²) in [7, 11) is -3.63. The van der Waals surface area contributed by atoms with E-state index < -0.39 is 10.0 Å². The van der Waals surface area contributed by atoms with Crippen molar-refractivity contribution in [3.8, 4) is 22.9 Å². The predicted molar refractivity (Wildman–Crippen MR) is 104 cm³/mol. The van der Waals surface area contributed by atoms with Crippen molar-refractivity contribution in [3.63, 3.8) is 0 Å². The number of hydrogen-bond acceptors (Lipinski definition) is 6. The minimum Gasteiger partial charge on any atom is -0.416 e. The van der Waals surface area contributed by atoms with E-state index in [0.29, 0.717) is 48.0 Å². The van der Waals surface area contributed by atoms with Gasteiger partial charge in [-0.15, -0.1) is 10.2 Å². The van der Waals surface area contributed by atoms with Crippen molar-refractivity contribution in [1.82, 2.24) is 14.5 Å². The van der Waals surface area contributed by atoms with Gasteiger partial charge in [-0.2, -0.15) is 4.31 Å². The summed E-state index contributed by atoms with van der Waals surface area (Å²) < 4.78 is 38.5. The number of hydrogen-bond donors (Lipinski definition) is 0. The Labute approximate surface area is 168 Å². The van der Waals surface area contributed by atoms with E-state index in [2.05, 4.69) is 10.2 Å². The first-order chi connectivity index (χ1) is 13.5. The molecule has 7 nitrogen and oxygen atoms in total. The van der Waals surface area contributed by atoms with Gasteiger partial charge >= 0.3 is 0 Å². The smallest absolute Gasteiger partial charge is 0.249 e. The van der Waals surface area contributed by atoms with Crippen LogP contribution in [0.15, 0.2) is 51.8 Å². The minimum atomic E-state index is -3.63. The Morgan fingerprint density at radius 2 is 1.75 bits per heavy atom. The Morgan fingerprint density at radius 3 is 2.50 bits per heavy atom.